The van der Waals surface area contributed by atoms with Crippen LogP contribution in [0.4, 0.5) is 0 Å². The minimum absolute atomic E-state index is 0.147. The van der Waals surface area contributed by atoms with E-state index in [1.807, 2.05) is 54.6 Å². The van der Waals surface area contributed by atoms with Crippen molar-refractivity contribution in [3.8, 4) is 17.2 Å². The van der Waals surface area contributed by atoms with Crippen LogP contribution in [-0.4, -0.2) is 25.8 Å². The molecule has 0 bridgehead atoms. The zero-order valence-corrected chi connectivity index (χ0v) is 19.0. The van der Waals surface area contributed by atoms with E-state index in [0.29, 0.717) is 35.3 Å². The third-order valence-corrected chi connectivity index (χ3v) is 4.85. The van der Waals surface area contributed by atoms with Crippen molar-refractivity contribution < 1.29 is 19.0 Å². The molecule has 170 valence electrons. The average Bonchev–Trinajstić information content (AvgIpc) is 2.83. The van der Waals surface area contributed by atoms with Crippen LogP contribution in [0.25, 0.3) is 0 Å². The topological polar surface area (TPSA) is 69.2 Å². The molecule has 0 aliphatic heterocycles. The second-order valence-electron chi connectivity index (χ2n) is 7.01. The Labute approximate surface area is 198 Å². The van der Waals surface area contributed by atoms with Crippen LogP contribution in [0.2, 0.25) is 5.02 Å². The summed E-state index contributed by atoms with van der Waals surface area (Å²) in [6.45, 7) is 3.97. The molecule has 0 atom stereocenters. The lowest BCUT2D eigenvalue weighted by molar-refractivity contribution is -0.123. The molecule has 33 heavy (non-hydrogen) atoms. The Balaban J connectivity index is 1.52. The van der Waals surface area contributed by atoms with E-state index in [4.69, 9.17) is 25.8 Å². The number of rotatable bonds is 11. The van der Waals surface area contributed by atoms with Crippen LogP contribution in [0.5, 0.6) is 17.2 Å². The molecule has 0 unspecified atom stereocenters. The first-order valence-corrected chi connectivity index (χ1v) is 10.7. The number of para-hydroxylation sites is 1. The maximum absolute atomic E-state index is 12.1. The van der Waals surface area contributed by atoms with Crippen LogP contribution in [0, 0.1) is 0 Å². The van der Waals surface area contributed by atoms with Crippen molar-refractivity contribution in [1.29, 1.82) is 0 Å². The van der Waals surface area contributed by atoms with Gasteiger partial charge in [-0.1, -0.05) is 48.0 Å². The first-order chi connectivity index (χ1) is 16.1. The molecule has 6 nitrogen and oxygen atoms in total. The zero-order chi connectivity index (χ0) is 23.5. The Morgan fingerprint density at radius 2 is 1.82 bits per heavy atom. The molecule has 3 aromatic rings. The van der Waals surface area contributed by atoms with Crippen molar-refractivity contribution >= 4 is 23.7 Å². The van der Waals surface area contributed by atoms with Gasteiger partial charge in [0.1, 0.15) is 12.4 Å². The number of hydrazone groups is 1. The SMILES string of the molecule is C=CCc1ccccc1OCC(=O)NN=Cc1ccc(OCc2ccc(Cl)cc2)c(OC)c1. The number of nitrogens with one attached hydrogen (secondary N) is 1. The molecule has 1 N–H and O–H groups in total. The summed E-state index contributed by atoms with van der Waals surface area (Å²) in [5, 5.41) is 4.67. The second-order valence-corrected chi connectivity index (χ2v) is 7.44. The van der Waals surface area contributed by atoms with Crippen molar-refractivity contribution in [1.82, 2.24) is 5.43 Å². The monoisotopic (exact) mass is 464 g/mol. The number of carbonyl (C=O) groups is 1. The van der Waals surface area contributed by atoms with Gasteiger partial charge in [-0.3, -0.25) is 4.79 Å². The Bertz CT molecular complexity index is 1110. The van der Waals surface area contributed by atoms with Gasteiger partial charge < -0.3 is 14.2 Å². The number of hydrogen-bond acceptors (Lipinski definition) is 5. The van der Waals surface area contributed by atoms with Gasteiger partial charge in [0.25, 0.3) is 5.91 Å². The average molecular weight is 465 g/mol. The Morgan fingerprint density at radius 3 is 2.58 bits per heavy atom. The van der Waals surface area contributed by atoms with E-state index >= 15 is 0 Å². The lowest BCUT2D eigenvalue weighted by atomic mass is 10.1. The Morgan fingerprint density at radius 1 is 1.03 bits per heavy atom. The number of ether oxygens (including phenoxy) is 3. The van der Waals surface area contributed by atoms with Gasteiger partial charge in [-0.15, -0.1) is 6.58 Å². The quantitative estimate of drug-likeness (QED) is 0.241. The Kier molecular flexibility index (Phi) is 8.91. The molecule has 0 saturated carbocycles. The molecule has 0 aliphatic rings. The zero-order valence-electron chi connectivity index (χ0n) is 18.3. The van der Waals surface area contributed by atoms with Crippen molar-refractivity contribution in [2.24, 2.45) is 5.10 Å². The highest BCUT2D eigenvalue weighted by Crippen LogP contribution is 2.28. The van der Waals surface area contributed by atoms with Gasteiger partial charge in [0.15, 0.2) is 18.1 Å². The summed E-state index contributed by atoms with van der Waals surface area (Å²) in [5.41, 5.74) is 5.15. The maximum atomic E-state index is 12.1. The molecule has 3 rings (SSSR count). The predicted molar refractivity (Wildman–Crippen MR) is 130 cm³/mol. The normalized spacial score (nSPS) is 10.6. The largest absolute Gasteiger partial charge is 0.493 e. The number of halogens is 1. The molecule has 0 saturated heterocycles. The summed E-state index contributed by atoms with van der Waals surface area (Å²) in [7, 11) is 1.56. The first-order valence-electron chi connectivity index (χ1n) is 10.3. The summed E-state index contributed by atoms with van der Waals surface area (Å²) < 4.78 is 16.9. The highest BCUT2D eigenvalue weighted by Gasteiger charge is 2.07. The first kappa shape index (κ1) is 23.9. The summed E-state index contributed by atoms with van der Waals surface area (Å²) in [4.78, 5) is 12.1. The van der Waals surface area contributed by atoms with Gasteiger partial charge >= 0.3 is 0 Å². The van der Waals surface area contributed by atoms with Crippen LogP contribution in [0.1, 0.15) is 16.7 Å². The van der Waals surface area contributed by atoms with Gasteiger partial charge in [-0.2, -0.15) is 5.10 Å². The maximum Gasteiger partial charge on any atom is 0.277 e. The van der Waals surface area contributed by atoms with Crippen molar-refractivity contribution in [2.45, 2.75) is 13.0 Å². The molecular weight excluding hydrogens is 440 g/mol. The van der Waals surface area contributed by atoms with Gasteiger partial charge in [-0.25, -0.2) is 5.43 Å². The van der Waals surface area contributed by atoms with E-state index in [-0.39, 0.29) is 12.5 Å². The van der Waals surface area contributed by atoms with E-state index < -0.39 is 0 Å². The van der Waals surface area contributed by atoms with Crippen molar-refractivity contribution in [3.05, 3.63) is 101 Å². The van der Waals surface area contributed by atoms with Crippen LogP contribution in [0.3, 0.4) is 0 Å². The van der Waals surface area contributed by atoms with E-state index in [0.717, 1.165) is 16.7 Å². The molecule has 0 spiro atoms. The third-order valence-electron chi connectivity index (χ3n) is 4.59. The standard InChI is InChI=1S/C26H25ClN2O4/c1-3-6-21-7-4-5-8-23(21)33-18-26(30)29-28-16-20-11-14-24(25(15-20)31-2)32-17-19-9-12-22(27)13-10-19/h3-5,7-16H,1,6,17-18H2,2H3,(H,29,30). The highest BCUT2D eigenvalue weighted by molar-refractivity contribution is 6.30. The molecule has 0 heterocycles. The van der Waals surface area contributed by atoms with E-state index in [1.165, 1.54) is 6.21 Å². The molecule has 0 fully saturated rings. The summed E-state index contributed by atoms with van der Waals surface area (Å²) in [5.74, 6) is 1.44. The van der Waals surface area contributed by atoms with Crippen LogP contribution in [-0.2, 0) is 17.8 Å². The molecular formula is C26H25ClN2O4. The fourth-order valence-corrected chi connectivity index (χ4v) is 3.07. The number of hydrogen-bond donors (Lipinski definition) is 1. The number of nitrogens with zero attached hydrogens (tertiary/aromatic N) is 1. The van der Waals surface area contributed by atoms with Crippen molar-refractivity contribution in [2.75, 3.05) is 13.7 Å². The van der Waals surface area contributed by atoms with Crippen LogP contribution >= 0.6 is 11.6 Å². The smallest absolute Gasteiger partial charge is 0.277 e. The summed E-state index contributed by atoms with van der Waals surface area (Å²) in [6, 6.07) is 20.3. The molecule has 0 aliphatic carbocycles. The minimum Gasteiger partial charge on any atom is -0.493 e. The lowest BCUT2D eigenvalue weighted by Crippen LogP contribution is -2.24. The number of carbonyl (C=O) groups excluding carboxylic acids is 1. The second kappa shape index (κ2) is 12.3. The van der Waals surface area contributed by atoms with Gasteiger partial charge in [-0.05, 0) is 59.5 Å². The molecule has 1 amide bonds. The van der Waals surface area contributed by atoms with Crippen LogP contribution < -0.4 is 19.6 Å². The van der Waals surface area contributed by atoms with E-state index in [2.05, 4.69) is 17.1 Å². The minimum atomic E-state index is -0.366. The van der Waals surface area contributed by atoms with Gasteiger partial charge in [0.2, 0.25) is 0 Å². The number of amides is 1. The Hall–Kier alpha value is -3.77. The van der Waals surface area contributed by atoms with Gasteiger partial charge in [0.05, 0.1) is 13.3 Å². The molecule has 0 radical (unpaired) electrons. The molecule has 0 aromatic heterocycles. The van der Waals surface area contributed by atoms with E-state index in [1.54, 1.807) is 25.3 Å². The third kappa shape index (κ3) is 7.40. The number of allylic oxidation sites excluding steroid dienone is 1. The van der Waals surface area contributed by atoms with Crippen LogP contribution in [0.15, 0.2) is 84.5 Å². The number of benzene rings is 3. The molecule has 7 heteroatoms. The fraction of sp³-hybridized carbons (Fsp3) is 0.154. The number of methoxy groups -OCH3 is 1. The predicted octanol–water partition coefficient (Wildman–Crippen LogP) is 5.19. The highest BCUT2D eigenvalue weighted by atomic mass is 35.5. The van der Waals surface area contributed by atoms with Crippen molar-refractivity contribution in [3.63, 3.8) is 0 Å². The van der Waals surface area contributed by atoms with E-state index in [9.17, 15) is 4.79 Å². The summed E-state index contributed by atoms with van der Waals surface area (Å²) in [6.07, 6.45) is 3.97. The fourth-order valence-electron chi connectivity index (χ4n) is 2.95. The lowest BCUT2D eigenvalue weighted by Gasteiger charge is -2.11. The van der Waals surface area contributed by atoms with Gasteiger partial charge in [0, 0.05) is 5.02 Å². The molecule has 3 aromatic carbocycles. The summed E-state index contributed by atoms with van der Waals surface area (Å²) >= 11 is 5.91.